The first-order valence-electron chi connectivity index (χ1n) is 5.48. The van der Waals surface area contributed by atoms with Crippen LogP contribution in [0.5, 0.6) is 0 Å². The molecule has 1 atom stereocenters. The Bertz CT molecular complexity index is 487. The van der Waals surface area contributed by atoms with Crippen LogP contribution in [0.25, 0.3) is 0 Å². The molecule has 0 heterocycles. The molecule has 6 nitrogen and oxygen atoms in total. The highest BCUT2D eigenvalue weighted by molar-refractivity contribution is 7.87. The molecule has 0 amide bonds. The lowest BCUT2D eigenvalue weighted by atomic mass is 10.00. The summed E-state index contributed by atoms with van der Waals surface area (Å²) in [7, 11) is -3.63. The molecular formula is C11H16N2O4S. The molecule has 0 radical (unpaired) electrons. The van der Waals surface area contributed by atoms with Gasteiger partial charge in [-0.2, -0.15) is 8.42 Å². The standard InChI is InChI=1S/C11H16N2O4S/c1-2-12-18(16,17)13-8-10(11(14)15)9-6-4-3-5-7-9/h3-7,10,12-13H,2,8H2,1H3,(H,14,15). The number of hydrogen-bond donors (Lipinski definition) is 3. The van der Waals surface area contributed by atoms with Gasteiger partial charge in [0.25, 0.3) is 10.2 Å². The van der Waals surface area contributed by atoms with Crippen molar-refractivity contribution in [1.82, 2.24) is 9.44 Å². The molecule has 0 aromatic heterocycles. The zero-order chi connectivity index (χ0) is 13.6. The number of carboxylic acids is 1. The fourth-order valence-electron chi connectivity index (χ4n) is 1.47. The molecule has 0 fully saturated rings. The van der Waals surface area contributed by atoms with Crippen LogP contribution in [0.1, 0.15) is 18.4 Å². The summed E-state index contributed by atoms with van der Waals surface area (Å²) < 4.78 is 27.2. The van der Waals surface area contributed by atoms with Gasteiger partial charge in [-0.1, -0.05) is 37.3 Å². The van der Waals surface area contributed by atoms with Gasteiger partial charge in [0, 0.05) is 13.1 Å². The van der Waals surface area contributed by atoms with Crippen molar-refractivity contribution in [3.05, 3.63) is 35.9 Å². The van der Waals surface area contributed by atoms with Crippen LogP contribution in [0.2, 0.25) is 0 Å². The minimum Gasteiger partial charge on any atom is -0.481 e. The molecule has 0 aliphatic rings. The Morgan fingerprint density at radius 2 is 1.89 bits per heavy atom. The van der Waals surface area contributed by atoms with Gasteiger partial charge in [0.05, 0.1) is 5.92 Å². The second-order valence-corrected chi connectivity index (χ2v) is 5.24. The Balaban J connectivity index is 2.75. The highest BCUT2D eigenvalue weighted by Gasteiger charge is 2.21. The third-order valence-electron chi connectivity index (χ3n) is 2.31. The van der Waals surface area contributed by atoms with E-state index in [4.69, 9.17) is 5.11 Å². The summed E-state index contributed by atoms with van der Waals surface area (Å²) >= 11 is 0. The van der Waals surface area contributed by atoms with Crippen LogP contribution in [0, 0.1) is 0 Å². The van der Waals surface area contributed by atoms with E-state index in [0.29, 0.717) is 5.56 Å². The van der Waals surface area contributed by atoms with E-state index in [-0.39, 0.29) is 13.1 Å². The van der Waals surface area contributed by atoms with E-state index >= 15 is 0 Å². The maximum Gasteiger partial charge on any atom is 0.312 e. The number of rotatable bonds is 7. The van der Waals surface area contributed by atoms with E-state index in [9.17, 15) is 13.2 Å². The highest BCUT2D eigenvalue weighted by atomic mass is 32.2. The van der Waals surface area contributed by atoms with E-state index in [1.165, 1.54) is 0 Å². The Hall–Kier alpha value is -1.44. The van der Waals surface area contributed by atoms with Crippen LogP contribution >= 0.6 is 0 Å². The molecule has 1 aromatic carbocycles. The lowest BCUT2D eigenvalue weighted by molar-refractivity contribution is -0.138. The Morgan fingerprint density at radius 1 is 1.28 bits per heavy atom. The maximum atomic E-state index is 11.4. The fraction of sp³-hybridized carbons (Fsp3) is 0.364. The minimum absolute atomic E-state index is 0.186. The number of nitrogens with one attached hydrogen (secondary N) is 2. The van der Waals surface area contributed by atoms with Crippen molar-refractivity contribution < 1.29 is 18.3 Å². The van der Waals surface area contributed by atoms with Gasteiger partial charge in [0.15, 0.2) is 0 Å². The molecule has 100 valence electrons. The van der Waals surface area contributed by atoms with E-state index in [1.54, 1.807) is 37.3 Å². The fourth-order valence-corrected chi connectivity index (χ4v) is 2.34. The lowest BCUT2D eigenvalue weighted by Crippen LogP contribution is -2.39. The van der Waals surface area contributed by atoms with E-state index in [1.807, 2.05) is 0 Å². The van der Waals surface area contributed by atoms with Gasteiger partial charge in [-0.3, -0.25) is 4.79 Å². The zero-order valence-electron chi connectivity index (χ0n) is 9.96. The third kappa shape index (κ3) is 4.44. The Kier molecular flexibility index (Phi) is 5.26. The zero-order valence-corrected chi connectivity index (χ0v) is 10.8. The molecule has 0 spiro atoms. The topological polar surface area (TPSA) is 95.5 Å². The van der Waals surface area contributed by atoms with Gasteiger partial charge < -0.3 is 5.11 Å². The first kappa shape index (κ1) is 14.6. The molecule has 1 unspecified atom stereocenters. The molecule has 1 aromatic rings. The molecule has 18 heavy (non-hydrogen) atoms. The smallest absolute Gasteiger partial charge is 0.312 e. The number of carbonyl (C=O) groups is 1. The third-order valence-corrected chi connectivity index (χ3v) is 3.53. The van der Waals surface area contributed by atoms with Crippen LogP contribution in [-0.4, -0.2) is 32.6 Å². The summed E-state index contributed by atoms with van der Waals surface area (Å²) in [4.78, 5) is 11.1. The van der Waals surface area contributed by atoms with E-state index < -0.39 is 22.1 Å². The second-order valence-electron chi connectivity index (χ2n) is 3.65. The molecule has 1 rings (SSSR count). The summed E-state index contributed by atoms with van der Waals surface area (Å²) in [5, 5.41) is 9.10. The predicted molar refractivity (Wildman–Crippen MR) is 67.4 cm³/mol. The van der Waals surface area contributed by atoms with Crippen molar-refractivity contribution in [2.24, 2.45) is 0 Å². The first-order chi connectivity index (χ1) is 8.46. The van der Waals surface area contributed by atoms with Gasteiger partial charge in [0.1, 0.15) is 0 Å². The van der Waals surface area contributed by atoms with Gasteiger partial charge in [-0.25, -0.2) is 9.44 Å². The number of benzene rings is 1. The van der Waals surface area contributed by atoms with E-state index in [2.05, 4.69) is 9.44 Å². The normalized spacial score (nSPS) is 13.2. The molecule has 0 bridgehead atoms. The lowest BCUT2D eigenvalue weighted by Gasteiger charge is -2.14. The highest BCUT2D eigenvalue weighted by Crippen LogP contribution is 2.14. The summed E-state index contributed by atoms with van der Waals surface area (Å²) in [6, 6.07) is 8.50. The van der Waals surface area contributed by atoms with Crippen LogP contribution in [0.4, 0.5) is 0 Å². The van der Waals surface area contributed by atoms with E-state index in [0.717, 1.165) is 0 Å². The molecule has 7 heteroatoms. The number of aliphatic carboxylic acids is 1. The van der Waals surface area contributed by atoms with Crippen molar-refractivity contribution in [3.8, 4) is 0 Å². The predicted octanol–water partition coefficient (Wildman–Crippen LogP) is 0.299. The first-order valence-corrected chi connectivity index (χ1v) is 6.96. The monoisotopic (exact) mass is 272 g/mol. The van der Waals surface area contributed by atoms with Crippen LogP contribution in [-0.2, 0) is 15.0 Å². The number of carboxylic acid groups (broad SMARTS) is 1. The molecule has 0 saturated carbocycles. The Labute approximate surface area is 106 Å². The quantitative estimate of drug-likeness (QED) is 0.665. The van der Waals surface area contributed by atoms with Gasteiger partial charge >= 0.3 is 5.97 Å². The molecular weight excluding hydrogens is 256 g/mol. The van der Waals surface area contributed by atoms with Crippen molar-refractivity contribution in [2.45, 2.75) is 12.8 Å². The van der Waals surface area contributed by atoms with Crippen molar-refractivity contribution in [2.75, 3.05) is 13.1 Å². The van der Waals surface area contributed by atoms with Crippen LogP contribution in [0.3, 0.4) is 0 Å². The Morgan fingerprint density at radius 3 is 2.39 bits per heavy atom. The average molecular weight is 272 g/mol. The summed E-state index contributed by atoms with van der Waals surface area (Å²) in [5.41, 5.74) is 0.559. The minimum atomic E-state index is -3.63. The van der Waals surface area contributed by atoms with Crippen molar-refractivity contribution in [3.63, 3.8) is 0 Å². The van der Waals surface area contributed by atoms with Gasteiger partial charge in [-0.15, -0.1) is 0 Å². The summed E-state index contributed by atoms with van der Waals surface area (Å²) in [6.45, 7) is 1.71. The molecule has 3 N–H and O–H groups in total. The van der Waals surface area contributed by atoms with Crippen molar-refractivity contribution >= 4 is 16.2 Å². The second kappa shape index (κ2) is 6.48. The van der Waals surface area contributed by atoms with Gasteiger partial charge in [0.2, 0.25) is 0 Å². The molecule has 0 aliphatic heterocycles. The number of hydrogen-bond acceptors (Lipinski definition) is 3. The summed E-state index contributed by atoms with van der Waals surface area (Å²) in [5.74, 6) is -1.97. The van der Waals surface area contributed by atoms with Crippen LogP contribution in [0.15, 0.2) is 30.3 Å². The maximum absolute atomic E-state index is 11.4. The summed E-state index contributed by atoms with van der Waals surface area (Å²) in [6.07, 6.45) is 0. The molecule has 0 saturated heterocycles. The van der Waals surface area contributed by atoms with Crippen LogP contribution < -0.4 is 9.44 Å². The van der Waals surface area contributed by atoms with Crippen molar-refractivity contribution in [1.29, 1.82) is 0 Å². The average Bonchev–Trinajstić information content (AvgIpc) is 2.30. The molecule has 0 aliphatic carbocycles. The SMILES string of the molecule is CCNS(=O)(=O)NCC(C(=O)O)c1ccccc1. The van der Waals surface area contributed by atoms with Gasteiger partial charge in [-0.05, 0) is 5.56 Å². The largest absolute Gasteiger partial charge is 0.481 e.